The molecule has 0 bridgehead atoms. The fourth-order valence-electron chi connectivity index (χ4n) is 3.79. The van der Waals surface area contributed by atoms with Gasteiger partial charge in [-0.3, -0.25) is 20.4 Å². The Bertz CT molecular complexity index is 1110. The van der Waals surface area contributed by atoms with Crippen LogP contribution in [0.1, 0.15) is 47.3 Å². The molecular weight excluding hydrogens is 462 g/mol. The number of hydrogen-bond donors (Lipinski definition) is 2. The maximum atomic E-state index is 12.1. The molecule has 7 nitrogen and oxygen atoms in total. The Kier molecular flexibility index (Phi) is 6.73. The molecule has 0 spiro atoms. The minimum Gasteiger partial charge on any atom is -0.304 e. The molecule has 1 aliphatic carbocycles. The van der Waals surface area contributed by atoms with Crippen LogP contribution in [0.2, 0.25) is 0 Å². The number of hydrazine groups is 1. The normalized spacial score (nSPS) is 15.9. The van der Waals surface area contributed by atoms with Crippen LogP contribution in [0, 0.1) is 11.3 Å². The molecule has 0 aliphatic heterocycles. The van der Waals surface area contributed by atoms with Crippen molar-refractivity contribution in [1.29, 1.82) is 0 Å². The second-order valence-electron chi connectivity index (χ2n) is 9.00. The number of thiophene rings is 2. The van der Waals surface area contributed by atoms with E-state index in [1.54, 1.807) is 23.5 Å². The van der Waals surface area contributed by atoms with Crippen LogP contribution in [-0.2, 0) is 24.7 Å². The Morgan fingerprint density at radius 3 is 2.81 bits per heavy atom. The Hall–Kier alpha value is -2.17. The van der Waals surface area contributed by atoms with E-state index in [1.807, 2.05) is 17.0 Å². The van der Waals surface area contributed by atoms with Gasteiger partial charge in [-0.1, -0.05) is 38.6 Å². The summed E-state index contributed by atoms with van der Waals surface area (Å²) in [5, 5.41) is 11.1. The van der Waals surface area contributed by atoms with Gasteiger partial charge in [-0.2, -0.15) is 0 Å². The lowest BCUT2D eigenvalue weighted by Crippen LogP contribution is -2.42. The number of hydrogen-bond acceptors (Lipinski definition) is 7. The van der Waals surface area contributed by atoms with E-state index in [4.69, 9.17) is 0 Å². The van der Waals surface area contributed by atoms with Crippen molar-refractivity contribution in [2.24, 2.45) is 18.4 Å². The van der Waals surface area contributed by atoms with E-state index in [9.17, 15) is 9.59 Å². The van der Waals surface area contributed by atoms with E-state index < -0.39 is 0 Å². The van der Waals surface area contributed by atoms with Gasteiger partial charge in [-0.15, -0.1) is 32.9 Å². The van der Waals surface area contributed by atoms with E-state index in [0.29, 0.717) is 21.4 Å². The summed E-state index contributed by atoms with van der Waals surface area (Å²) in [6, 6.07) is 5.76. The van der Waals surface area contributed by atoms with Crippen molar-refractivity contribution in [3.8, 4) is 10.7 Å². The minimum absolute atomic E-state index is 0.130. The van der Waals surface area contributed by atoms with Crippen LogP contribution in [-0.4, -0.2) is 32.3 Å². The second kappa shape index (κ2) is 9.36. The van der Waals surface area contributed by atoms with Crippen molar-refractivity contribution in [2.45, 2.75) is 45.2 Å². The van der Waals surface area contributed by atoms with Crippen molar-refractivity contribution < 1.29 is 9.59 Å². The van der Waals surface area contributed by atoms with E-state index in [0.717, 1.165) is 23.5 Å². The zero-order valence-electron chi connectivity index (χ0n) is 18.6. The maximum Gasteiger partial charge on any atom is 0.279 e. The zero-order chi connectivity index (χ0) is 22.9. The van der Waals surface area contributed by atoms with Crippen molar-refractivity contribution >= 4 is 46.2 Å². The Labute approximate surface area is 200 Å². The second-order valence-corrected chi connectivity index (χ2v) is 12.0. The van der Waals surface area contributed by atoms with Gasteiger partial charge in [0.1, 0.15) is 0 Å². The number of aryl methyl sites for hydroxylation is 1. The molecule has 10 heteroatoms. The van der Waals surface area contributed by atoms with E-state index in [-0.39, 0.29) is 17.6 Å². The number of fused-ring (bicyclic) bond motifs is 1. The molecular formula is C22H27N5O2S3. The van der Waals surface area contributed by atoms with Gasteiger partial charge >= 0.3 is 0 Å². The number of rotatable bonds is 5. The molecule has 2 N–H and O–H groups in total. The van der Waals surface area contributed by atoms with Gasteiger partial charge in [0.15, 0.2) is 11.0 Å². The van der Waals surface area contributed by atoms with Crippen LogP contribution in [0.3, 0.4) is 0 Å². The monoisotopic (exact) mass is 489 g/mol. The van der Waals surface area contributed by atoms with E-state index in [2.05, 4.69) is 47.9 Å². The summed E-state index contributed by atoms with van der Waals surface area (Å²) in [7, 11) is 1.92. The SMILES string of the molecule is Cn1c(SCC(=O)NNC(=O)c2cccs2)nnc1-c1cc2c(s1)CCC(C(C)(C)C)C2. The molecule has 32 heavy (non-hydrogen) atoms. The third-order valence-electron chi connectivity index (χ3n) is 5.76. The number of nitrogens with one attached hydrogen (secondary N) is 2. The summed E-state index contributed by atoms with van der Waals surface area (Å²) in [5.74, 6) is 1.02. The fourth-order valence-corrected chi connectivity index (χ4v) is 6.35. The Balaban J connectivity index is 1.35. The first-order valence-electron chi connectivity index (χ1n) is 10.5. The van der Waals surface area contributed by atoms with Gasteiger partial charge < -0.3 is 4.57 Å². The highest BCUT2D eigenvalue weighted by Crippen LogP contribution is 2.42. The predicted octanol–water partition coefficient (Wildman–Crippen LogP) is 4.31. The molecule has 0 aromatic carbocycles. The summed E-state index contributed by atoms with van der Waals surface area (Å²) in [5.41, 5.74) is 6.62. The first-order valence-corrected chi connectivity index (χ1v) is 13.2. The fraction of sp³-hybridized carbons (Fsp3) is 0.455. The summed E-state index contributed by atoms with van der Waals surface area (Å²) in [6.45, 7) is 6.98. The van der Waals surface area contributed by atoms with E-state index >= 15 is 0 Å². The third kappa shape index (κ3) is 5.07. The number of nitrogens with zero attached hydrogens (tertiary/aromatic N) is 3. The zero-order valence-corrected chi connectivity index (χ0v) is 21.0. The van der Waals surface area contributed by atoms with Crippen LogP contribution in [0.5, 0.6) is 0 Å². The molecule has 0 saturated carbocycles. The van der Waals surface area contributed by atoms with Crippen LogP contribution in [0.15, 0.2) is 28.7 Å². The average Bonchev–Trinajstić information content (AvgIpc) is 3.48. The molecule has 4 rings (SSSR count). The highest BCUT2D eigenvalue weighted by molar-refractivity contribution is 7.99. The number of carbonyl (C=O) groups is 2. The van der Waals surface area contributed by atoms with Crippen molar-refractivity contribution in [3.05, 3.63) is 38.9 Å². The Morgan fingerprint density at radius 2 is 2.09 bits per heavy atom. The third-order valence-corrected chi connectivity index (χ3v) is 8.88. The van der Waals surface area contributed by atoms with Crippen molar-refractivity contribution in [3.63, 3.8) is 0 Å². The smallest absolute Gasteiger partial charge is 0.279 e. The van der Waals surface area contributed by atoms with Gasteiger partial charge in [0, 0.05) is 11.9 Å². The molecule has 0 radical (unpaired) electrons. The quantitative estimate of drug-likeness (QED) is 0.412. The number of thioether (sulfide) groups is 1. The molecule has 170 valence electrons. The van der Waals surface area contributed by atoms with E-state index in [1.165, 1.54) is 40.0 Å². The summed E-state index contributed by atoms with van der Waals surface area (Å²) in [4.78, 5) is 27.2. The summed E-state index contributed by atoms with van der Waals surface area (Å²) >= 11 is 4.41. The molecule has 0 saturated heterocycles. The predicted molar refractivity (Wildman–Crippen MR) is 130 cm³/mol. The molecule has 3 aromatic rings. The van der Waals surface area contributed by atoms with Crippen molar-refractivity contribution in [1.82, 2.24) is 25.6 Å². The number of amides is 2. The lowest BCUT2D eigenvalue weighted by Gasteiger charge is -2.33. The molecule has 0 fully saturated rings. The first-order chi connectivity index (χ1) is 15.2. The molecule has 1 atom stereocenters. The molecule has 3 heterocycles. The van der Waals surface area contributed by atoms with Gasteiger partial charge in [-0.25, -0.2) is 0 Å². The molecule has 3 aromatic heterocycles. The topological polar surface area (TPSA) is 88.9 Å². The van der Waals surface area contributed by atoms with Gasteiger partial charge in [0.25, 0.3) is 5.91 Å². The van der Waals surface area contributed by atoms with Crippen molar-refractivity contribution in [2.75, 3.05) is 5.75 Å². The maximum absolute atomic E-state index is 12.1. The molecule has 1 unspecified atom stereocenters. The number of aromatic nitrogens is 3. The van der Waals surface area contributed by atoms with Gasteiger partial charge in [-0.05, 0) is 53.7 Å². The molecule has 1 aliphatic rings. The lowest BCUT2D eigenvalue weighted by atomic mass is 9.72. The minimum atomic E-state index is -0.324. The van der Waals surface area contributed by atoms with Crippen LogP contribution in [0.25, 0.3) is 10.7 Å². The largest absolute Gasteiger partial charge is 0.304 e. The van der Waals surface area contributed by atoms with Gasteiger partial charge in [0.2, 0.25) is 5.91 Å². The van der Waals surface area contributed by atoms with Crippen LogP contribution < -0.4 is 10.9 Å². The summed E-state index contributed by atoms with van der Waals surface area (Å²) in [6.07, 6.45) is 3.47. The van der Waals surface area contributed by atoms with Gasteiger partial charge in [0.05, 0.1) is 15.5 Å². The first kappa shape index (κ1) is 23.0. The Morgan fingerprint density at radius 1 is 1.28 bits per heavy atom. The lowest BCUT2D eigenvalue weighted by molar-refractivity contribution is -0.119. The highest BCUT2D eigenvalue weighted by Gasteiger charge is 2.30. The van der Waals surface area contributed by atoms with Crippen LogP contribution >= 0.6 is 34.4 Å². The number of carbonyl (C=O) groups excluding carboxylic acids is 2. The summed E-state index contributed by atoms with van der Waals surface area (Å²) < 4.78 is 1.93. The molecule has 2 amide bonds. The average molecular weight is 490 g/mol. The highest BCUT2D eigenvalue weighted by atomic mass is 32.2. The van der Waals surface area contributed by atoms with Crippen LogP contribution in [0.4, 0.5) is 0 Å². The standard InChI is InChI=1S/C22H27N5O2S3/c1-22(2,3)14-7-8-15-13(10-14)11-17(32-15)19-24-26-21(27(19)4)31-12-18(28)23-25-20(29)16-6-5-9-30-16/h5-6,9,11,14H,7-8,10,12H2,1-4H3,(H,23,28)(H,25,29).